The number of hydrogen-bond acceptors (Lipinski definition) is 3. The van der Waals surface area contributed by atoms with Crippen molar-refractivity contribution in [3.05, 3.63) is 82.9 Å². The number of carbonyl (C=O) groups is 1. The maximum Gasteiger partial charge on any atom is 0.270 e. The summed E-state index contributed by atoms with van der Waals surface area (Å²) in [5.41, 5.74) is 4.84. The van der Waals surface area contributed by atoms with Crippen LogP contribution in [0.5, 0.6) is 0 Å². The monoisotopic (exact) mass is 346 g/mol. The Labute approximate surface area is 153 Å². The average Bonchev–Trinajstić information content (AvgIpc) is 3.43. The molecule has 132 valence electrons. The van der Waals surface area contributed by atoms with Crippen LogP contribution in [-0.4, -0.2) is 20.7 Å². The van der Waals surface area contributed by atoms with E-state index in [1.165, 1.54) is 12.8 Å². The lowest BCUT2D eigenvalue weighted by molar-refractivity contribution is 0.0933. The number of hydrogen-bond donors (Lipinski definition) is 1. The average molecular weight is 346 g/mol. The van der Waals surface area contributed by atoms with Crippen LogP contribution < -0.4 is 5.32 Å². The minimum absolute atomic E-state index is 0.114. The topological polar surface area (TPSA) is 59.8 Å². The van der Waals surface area contributed by atoms with Crippen LogP contribution in [-0.2, 0) is 7.05 Å². The molecule has 1 aliphatic carbocycles. The minimum atomic E-state index is -0.231. The second-order valence-electron chi connectivity index (χ2n) is 6.90. The molecule has 5 nitrogen and oxygen atoms in total. The summed E-state index contributed by atoms with van der Waals surface area (Å²) in [6, 6.07) is 13.7. The number of nitrogens with zero attached hydrogens (tertiary/aromatic N) is 3. The molecule has 1 amide bonds. The summed E-state index contributed by atoms with van der Waals surface area (Å²) in [6.07, 6.45) is 5.84. The highest BCUT2D eigenvalue weighted by molar-refractivity contribution is 5.93. The van der Waals surface area contributed by atoms with Crippen molar-refractivity contribution < 1.29 is 4.79 Å². The fourth-order valence-electron chi connectivity index (χ4n) is 3.29. The second kappa shape index (κ2) is 6.75. The second-order valence-corrected chi connectivity index (χ2v) is 6.90. The molecule has 4 rings (SSSR count). The zero-order valence-electron chi connectivity index (χ0n) is 15.0. The van der Waals surface area contributed by atoms with Gasteiger partial charge in [-0.05, 0) is 54.7 Å². The number of nitrogens with one attached hydrogen (secondary N) is 1. The lowest BCUT2D eigenvalue weighted by atomic mass is 9.95. The molecule has 2 aromatic heterocycles. The normalized spacial score (nSPS) is 14.8. The molecular formula is C21H22N4O. The molecule has 0 saturated heterocycles. The Morgan fingerprint density at radius 1 is 1.19 bits per heavy atom. The van der Waals surface area contributed by atoms with Gasteiger partial charge in [-0.1, -0.05) is 24.3 Å². The molecule has 1 N–H and O–H groups in total. The first-order chi connectivity index (χ1) is 12.6. The van der Waals surface area contributed by atoms with E-state index in [-0.39, 0.29) is 11.9 Å². The predicted octanol–water partition coefficient (Wildman–Crippen LogP) is 3.52. The first-order valence-electron chi connectivity index (χ1n) is 8.93. The number of aryl methyl sites for hydroxylation is 2. The van der Waals surface area contributed by atoms with E-state index in [0.29, 0.717) is 11.6 Å². The molecule has 0 bridgehead atoms. The molecule has 0 spiro atoms. The van der Waals surface area contributed by atoms with Crippen molar-refractivity contribution in [1.29, 1.82) is 0 Å². The first-order valence-corrected chi connectivity index (χ1v) is 8.93. The molecule has 1 aliphatic rings. The van der Waals surface area contributed by atoms with Crippen LogP contribution in [0.25, 0.3) is 0 Å². The highest BCUT2D eigenvalue weighted by Gasteiger charge is 2.29. The van der Waals surface area contributed by atoms with Gasteiger partial charge in [-0.25, -0.2) is 0 Å². The molecule has 0 aliphatic heterocycles. The van der Waals surface area contributed by atoms with Gasteiger partial charge in [0.05, 0.1) is 11.7 Å². The number of rotatable bonds is 5. The predicted molar refractivity (Wildman–Crippen MR) is 99.9 cm³/mol. The molecule has 1 unspecified atom stereocenters. The SMILES string of the molecule is Cc1ccccc1C(NC(=O)c1cc(C2CC2)nn1C)c1ccncc1. The summed E-state index contributed by atoms with van der Waals surface area (Å²) in [5, 5.41) is 7.70. The summed E-state index contributed by atoms with van der Waals surface area (Å²) >= 11 is 0. The van der Waals surface area contributed by atoms with Crippen LogP contribution in [0.15, 0.2) is 54.9 Å². The summed E-state index contributed by atoms with van der Waals surface area (Å²) in [5.74, 6) is 0.409. The van der Waals surface area contributed by atoms with Crippen molar-refractivity contribution >= 4 is 5.91 Å². The molecule has 3 aromatic rings. The summed E-state index contributed by atoms with van der Waals surface area (Å²) in [7, 11) is 1.83. The maximum atomic E-state index is 13.0. The Kier molecular flexibility index (Phi) is 4.29. The Morgan fingerprint density at radius 2 is 1.92 bits per heavy atom. The van der Waals surface area contributed by atoms with Crippen LogP contribution in [0.1, 0.15) is 57.7 Å². The molecule has 2 heterocycles. The molecule has 5 heteroatoms. The standard InChI is InChI=1S/C21H22N4O/c1-14-5-3-4-6-17(14)20(16-9-11-22-12-10-16)23-21(26)19-13-18(15-7-8-15)24-25(19)2/h3-6,9-13,15,20H,7-8H2,1-2H3,(H,23,26). The van der Waals surface area contributed by atoms with Gasteiger partial charge in [-0.15, -0.1) is 0 Å². The van der Waals surface area contributed by atoms with Crippen molar-refractivity contribution in [2.45, 2.75) is 31.7 Å². The van der Waals surface area contributed by atoms with E-state index < -0.39 is 0 Å². The van der Waals surface area contributed by atoms with Gasteiger partial charge >= 0.3 is 0 Å². The molecule has 1 fully saturated rings. The third-order valence-electron chi connectivity index (χ3n) is 4.94. The van der Waals surface area contributed by atoms with Crippen molar-refractivity contribution in [3.8, 4) is 0 Å². The van der Waals surface area contributed by atoms with Crippen LogP contribution in [0, 0.1) is 6.92 Å². The van der Waals surface area contributed by atoms with Crippen molar-refractivity contribution in [2.75, 3.05) is 0 Å². The lowest BCUT2D eigenvalue weighted by Crippen LogP contribution is -2.31. The number of aromatic nitrogens is 3. The molecule has 0 radical (unpaired) electrons. The van der Waals surface area contributed by atoms with Gasteiger partial charge in [0.15, 0.2) is 0 Å². The summed E-state index contributed by atoms with van der Waals surface area (Å²) in [6.45, 7) is 2.06. The molecule has 26 heavy (non-hydrogen) atoms. The molecule has 1 aromatic carbocycles. The van der Waals surface area contributed by atoms with Gasteiger partial charge in [-0.2, -0.15) is 5.10 Å². The van der Waals surface area contributed by atoms with E-state index in [4.69, 9.17) is 0 Å². The Morgan fingerprint density at radius 3 is 2.62 bits per heavy atom. The molecule has 1 atom stereocenters. The zero-order valence-corrected chi connectivity index (χ0v) is 15.0. The fourth-order valence-corrected chi connectivity index (χ4v) is 3.29. The third-order valence-corrected chi connectivity index (χ3v) is 4.94. The number of carbonyl (C=O) groups excluding carboxylic acids is 1. The van der Waals surface area contributed by atoms with Gasteiger partial charge in [0, 0.05) is 25.4 Å². The van der Waals surface area contributed by atoms with Gasteiger partial charge in [0.25, 0.3) is 5.91 Å². The smallest absolute Gasteiger partial charge is 0.270 e. The van der Waals surface area contributed by atoms with E-state index >= 15 is 0 Å². The van der Waals surface area contributed by atoms with Gasteiger partial charge in [0.2, 0.25) is 0 Å². The van der Waals surface area contributed by atoms with Gasteiger partial charge < -0.3 is 5.32 Å². The van der Waals surface area contributed by atoms with Crippen LogP contribution >= 0.6 is 0 Å². The summed E-state index contributed by atoms with van der Waals surface area (Å²) < 4.78 is 1.68. The quantitative estimate of drug-likeness (QED) is 0.769. The first kappa shape index (κ1) is 16.5. The van der Waals surface area contributed by atoms with Crippen molar-refractivity contribution in [2.24, 2.45) is 7.05 Å². The highest BCUT2D eigenvalue weighted by atomic mass is 16.2. The van der Waals surface area contributed by atoms with E-state index in [9.17, 15) is 4.79 Å². The van der Waals surface area contributed by atoms with E-state index in [2.05, 4.69) is 34.5 Å². The van der Waals surface area contributed by atoms with E-state index in [1.807, 2.05) is 37.4 Å². The Balaban J connectivity index is 1.67. The highest BCUT2D eigenvalue weighted by Crippen LogP contribution is 2.39. The largest absolute Gasteiger partial charge is 0.340 e. The van der Waals surface area contributed by atoms with Crippen LogP contribution in [0.3, 0.4) is 0 Å². The lowest BCUT2D eigenvalue weighted by Gasteiger charge is -2.21. The zero-order chi connectivity index (χ0) is 18.1. The van der Waals surface area contributed by atoms with Crippen LogP contribution in [0.2, 0.25) is 0 Å². The number of pyridine rings is 1. The molecular weight excluding hydrogens is 324 g/mol. The maximum absolute atomic E-state index is 13.0. The van der Waals surface area contributed by atoms with Gasteiger partial charge in [0.1, 0.15) is 5.69 Å². The third kappa shape index (κ3) is 3.25. The molecule has 1 saturated carbocycles. The van der Waals surface area contributed by atoms with Crippen molar-refractivity contribution in [3.63, 3.8) is 0 Å². The Bertz CT molecular complexity index is 928. The van der Waals surface area contributed by atoms with E-state index in [0.717, 1.165) is 22.4 Å². The fraction of sp³-hybridized carbons (Fsp3) is 0.286. The van der Waals surface area contributed by atoms with Gasteiger partial charge in [-0.3, -0.25) is 14.5 Å². The Hall–Kier alpha value is -2.95. The minimum Gasteiger partial charge on any atom is -0.340 e. The van der Waals surface area contributed by atoms with Crippen LogP contribution in [0.4, 0.5) is 0 Å². The number of amides is 1. The number of benzene rings is 1. The summed E-state index contributed by atoms with van der Waals surface area (Å²) in [4.78, 5) is 17.1. The van der Waals surface area contributed by atoms with E-state index in [1.54, 1.807) is 17.1 Å². The van der Waals surface area contributed by atoms with Crippen molar-refractivity contribution in [1.82, 2.24) is 20.1 Å².